The molecule has 1 aromatic heterocycles. The van der Waals surface area contributed by atoms with Gasteiger partial charge in [0.25, 0.3) is 0 Å². The number of rotatable bonds is 4. The Morgan fingerprint density at radius 3 is 2.78 bits per heavy atom. The second-order valence-electron chi connectivity index (χ2n) is 4.59. The van der Waals surface area contributed by atoms with Crippen LogP contribution in [0.1, 0.15) is 18.1 Å². The molecular weight excluding hydrogens is 267 g/mol. The van der Waals surface area contributed by atoms with E-state index >= 15 is 0 Å². The van der Waals surface area contributed by atoms with Crippen LogP contribution >= 0.6 is 23.2 Å². The smallest absolute Gasteiger partial charge is 0.0642 e. The van der Waals surface area contributed by atoms with E-state index in [2.05, 4.69) is 16.8 Å². The molecule has 0 fully saturated rings. The molecule has 1 unspecified atom stereocenters. The highest BCUT2D eigenvalue weighted by molar-refractivity contribution is 6.42. The fourth-order valence-corrected chi connectivity index (χ4v) is 2.33. The molecule has 0 spiro atoms. The van der Waals surface area contributed by atoms with E-state index in [0.717, 1.165) is 18.5 Å². The monoisotopic (exact) mass is 282 g/mol. The Morgan fingerprint density at radius 1 is 1.28 bits per heavy atom. The molecular formula is C14H16Cl2N2. The minimum absolute atomic E-state index is 0.176. The Hall–Kier alpha value is -0.960. The maximum absolute atomic E-state index is 6.17. The molecule has 18 heavy (non-hydrogen) atoms. The zero-order chi connectivity index (χ0) is 13.1. The van der Waals surface area contributed by atoms with Crippen LogP contribution in [0, 0.1) is 0 Å². The van der Waals surface area contributed by atoms with E-state index in [-0.39, 0.29) is 6.04 Å². The summed E-state index contributed by atoms with van der Waals surface area (Å²) in [4.78, 5) is 0. The molecule has 0 aliphatic rings. The second-order valence-corrected chi connectivity index (χ2v) is 5.37. The summed E-state index contributed by atoms with van der Waals surface area (Å²) in [6.45, 7) is 2.73. The predicted molar refractivity (Wildman–Crippen MR) is 77.3 cm³/mol. The number of benzene rings is 1. The van der Waals surface area contributed by atoms with Gasteiger partial charge in [0.1, 0.15) is 0 Å². The summed E-state index contributed by atoms with van der Waals surface area (Å²) in [7, 11) is 0. The number of hydrogen-bond acceptors (Lipinski definition) is 1. The summed E-state index contributed by atoms with van der Waals surface area (Å²) < 4.78 is 2.09. The summed E-state index contributed by atoms with van der Waals surface area (Å²) in [5.74, 6) is 0. The second kappa shape index (κ2) is 5.79. The van der Waals surface area contributed by atoms with Crippen molar-refractivity contribution in [3.8, 4) is 0 Å². The van der Waals surface area contributed by atoms with Gasteiger partial charge in [0, 0.05) is 25.0 Å². The molecule has 0 radical (unpaired) electrons. The van der Waals surface area contributed by atoms with E-state index in [9.17, 15) is 0 Å². The Balaban J connectivity index is 2.14. The lowest BCUT2D eigenvalue weighted by molar-refractivity contribution is 0.732. The van der Waals surface area contributed by atoms with Crippen LogP contribution in [-0.4, -0.2) is 10.6 Å². The van der Waals surface area contributed by atoms with Crippen LogP contribution in [0.3, 0.4) is 0 Å². The highest BCUT2D eigenvalue weighted by Gasteiger charge is 2.06. The van der Waals surface area contributed by atoms with Crippen LogP contribution in [0.5, 0.6) is 0 Å². The van der Waals surface area contributed by atoms with Gasteiger partial charge in [0.15, 0.2) is 0 Å². The fraction of sp³-hybridized carbons (Fsp3) is 0.286. The zero-order valence-electron chi connectivity index (χ0n) is 10.2. The van der Waals surface area contributed by atoms with Crippen LogP contribution in [0.15, 0.2) is 36.7 Å². The quantitative estimate of drug-likeness (QED) is 0.910. The van der Waals surface area contributed by atoms with Crippen molar-refractivity contribution in [2.45, 2.75) is 25.9 Å². The van der Waals surface area contributed by atoms with E-state index in [1.54, 1.807) is 6.07 Å². The van der Waals surface area contributed by atoms with Crippen molar-refractivity contribution in [2.24, 2.45) is 5.73 Å². The Bertz CT molecular complexity index is 532. The summed E-state index contributed by atoms with van der Waals surface area (Å²) in [6.07, 6.45) is 5.02. The summed E-state index contributed by atoms with van der Waals surface area (Å²) in [6, 6.07) is 7.96. The first-order valence-corrected chi connectivity index (χ1v) is 6.65. The van der Waals surface area contributed by atoms with Gasteiger partial charge in [0.2, 0.25) is 0 Å². The van der Waals surface area contributed by atoms with Gasteiger partial charge >= 0.3 is 0 Å². The number of nitrogens with zero attached hydrogens (tertiary/aromatic N) is 1. The van der Waals surface area contributed by atoms with Crippen molar-refractivity contribution < 1.29 is 0 Å². The Kier molecular flexibility index (Phi) is 4.33. The molecule has 0 bridgehead atoms. The molecule has 0 aliphatic carbocycles. The van der Waals surface area contributed by atoms with Crippen molar-refractivity contribution in [2.75, 3.05) is 0 Å². The topological polar surface area (TPSA) is 30.9 Å². The third-order valence-electron chi connectivity index (χ3n) is 2.75. The van der Waals surface area contributed by atoms with Gasteiger partial charge in [-0.15, -0.1) is 0 Å². The first-order valence-electron chi connectivity index (χ1n) is 5.89. The average molecular weight is 283 g/mol. The normalized spacial score (nSPS) is 12.7. The number of halogens is 2. The van der Waals surface area contributed by atoms with Gasteiger partial charge in [0.05, 0.1) is 10.0 Å². The van der Waals surface area contributed by atoms with Crippen LogP contribution in [-0.2, 0) is 13.0 Å². The molecule has 4 heteroatoms. The maximum Gasteiger partial charge on any atom is 0.0642 e. The van der Waals surface area contributed by atoms with Crippen molar-refractivity contribution in [3.63, 3.8) is 0 Å². The SMILES string of the molecule is CC(N)Cc1ccn(Cc2cccc(Cl)c2Cl)c1. The fourth-order valence-electron chi connectivity index (χ4n) is 1.95. The van der Waals surface area contributed by atoms with Crippen LogP contribution in [0.4, 0.5) is 0 Å². The lowest BCUT2D eigenvalue weighted by Crippen LogP contribution is -2.17. The van der Waals surface area contributed by atoms with Crippen LogP contribution in [0.25, 0.3) is 0 Å². The lowest BCUT2D eigenvalue weighted by atomic mass is 10.1. The first-order chi connectivity index (χ1) is 8.56. The zero-order valence-corrected chi connectivity index (χ0v) is 11.7. The Morgan fingerprint density at radius 2 is 2.06 bits per heavy atom. The highest BCUT2D eigenvalue weighted by Crippen LogP contribution is 2.26. The minimum atomic E-state index is 0.176. The molecule has 0 saturated carbocycles. The van der Waals surface area contributed by atoms with Crippen molar-refractivity contribution in [1.29, 1.82) is 0 Å². The number of hydrogen-bond donors (Lipinski definition) is 1. The van der Waals surface area contributed by atoms with Crippen molar-refractivity contribution in [1.82, 2.24) is 4.57 Å². The van der Waals surface area contributed by atoms with Gasteiger partial charge < -0.3 is 10.3 Å². The third-order valence-corrected chi connectivity index (χ3v) is 3.61. The van der Waals surface area contributed by atoms with E-state index in [1.165, 1.54) is 5.56 Å². The molecule has 0 saturated heterocycles. The molecule has 0 aliphatic heterocycles. The molecule has 2 nitrogen and oxygen atoms in total. The van der Waals surface area contributed by atoms with Gasteiger partial charge in [-0.3, -0.25) is 0 Å². The van der Waals surface area contributed by atoms with Gasteiger partial charge in [-0.25, -0.2) is 0 Å². The average Bonchev–Trinajstić information content (AvgIpc) is 2.71. The third kappa shape index (κ3) is 3.29. The standard InChI is InChI=1S/C14H16Cl2N2/c1-10(17)7-11-5-6-18(8-11)9-12-3-2-4-13(15)14(12)16/h2-6,8,10H,7,9,17H2,1H3. The van der Waals surface area contributed by atoms with Crippen LogP contribution < -0.4 is 5.73 Å². The van der Waals surface area contributed by atoms with Crippen molar-refractivity contribution >= 4 is 23.2 Å². The largest absolute Gasteiger partial charge is 0.350 e. The summed E-state index contributed by atoms with van der Waals surface area (Å²) >= 11 is 12.2. The molecule has 1 heterocycles. The van der Waals surface area contributed by atoms with E-state index in [0.29, 0.717) is 10.0 Å². The van der Waals surface area contributed by atoms with Crippen molar-refractivity contribution in [3.05, 3.63) is 57.8 Å². The number of nitrogens with two attached hydrogens (primary N) is 1. The number of aromatic nitrogens is 1. The summed E-state index contributed by atoms with van der Waals surface area (Å²) in [5.41, 5.74) is 8.04. The Labute approximate surface area is 117 Å². The molecule has 2 rings (SSSR count). The van der Waals surface area contributed by atoms with E-state index < -0.39 is 0 Å². The highest BCUT2D eigenvalue weighted by atomic mass is 35.5. The predicted octanol–water partition coefficient (Wildman–Crippen LogP) is 3.73. The van der Waals surface area contributed by atoms with Gasteiger partial charge in [-0.05, 0) is 36.6 Å². The van der Waals surface area contributed by atoms with Gasteiger partial charge in [-0.2, -0.15) is 0 Å². The minimum Gasteiger partial charge on any atom is -0.350 e. The molecule has 1 atom stereocenters. The molecule has 0 amide bonds. The van der Waals surface area contributed by atoms with E-state index in [1.807, 2.05) is 25.3 Å². The maximum atomic E-state index is 6.17. The lowest BCUT2D eigenvalue weighted by Gasteiger charge is -2.07. The molecule has 1 aromatic carbocycles. The molecule has 2 N–H and O–H groups in total. The molecule has 96 valence electrons. The van der Waals surface area contributed by atoms with E-state index in [4.69, 9.17) is 28.9 Å². The summed E-state index contributed by atoms with van der Waals surface area (Å²) in [5, 5.41) is 1.22. The molecule has 2 aromatic rings. The first kappa shape index (κ1) is 13.5. The van der Waals surface area contributed by atoms with Crippen LogP contribution in [0.2, 0.25) is 10.0 Å². The van der Waals surface area contributed by atoms with Gasteiger partial charge in [-0.1, -0.05) is 35.3 Å².